The summed E-state index contributed by atoms with van der Waals surface area (Å²) in [6, 6.07) is 3.30. The molecule has 0 saturated heterocycles. The number of carbonyl (C=O) groups is 1. The minimum atomic E-state index is -1.12. The average molecular weight is 179 g/mol. The lowest BCUT2D eigenvalue weighted by molar-refractivity contribution is 0.0690. The number of furan rings is 1. The summed E-state index contributed by atoms with van der Waals surface area (Å²) in [5.41, 5.74) is -0.133. The maximum Gasteiger partial charge on any atom is 0.357 e. The van der Waals surface area contributed by atoms with Crippen molar-refractivity contribution < 1.29 is 18.7 Å². The van der Waals surface area contributed by atoms with Crippen LogP contribution in [0.25, 0.3) is 11.7 Å². The zero-order valence-corrected chi connectivity index (χ0v) is 6.43. The van der Waals surface area contributed by atoms with Crippen LogP contribution in [0.5, 0.6) is 0 Å². The Hall–Kier alpha value is -2.04. The van der Waals surface area contributed by atoms with Crippen LogP contribution in [-0.4, -0.2) is 16.1 Å². The number of carboxylic acids is 1. The van der Waals surface area contributed by atoms with Gasteiger partial charge in [0.1, 0.15) is 6.26 Å². The van der Waals surface area contributed by atoms with E-state index in [1.54, 1.807) is 12.1 Å². The summed E-state index contributed by atoms with van der Waals surface area (Å²) in [5, 5.41) is 8.54. The molecule has 0 radical (unpaired) electrons. The van der Waals surface area contributed by atoms with Gasteiger partial charge in [0.15, 0.2) is 11.5 Å². The van der Waals surface area contributed by atoms with Gasteiger partial charge in [-0.2, -0.15) is 4.98 Å². The molecule has 0 aliphatic rings. The second kappa shape index (κ2) is 2.78. The molecule has 0 aliphatic carbocycles. The molecule has 0 unspecified atom stereocenters. The highest BCUT2D eigenvalue weighted by Gasteiger charge is 2.12. The summed E-state index contributed by atoms with van der Waals surface area (Å²) in [7, 11) is 0. The third-order valence-corrected chi connectivity index (χ3v) is 1.46. The number of nitrogens with zero attached hydrogens (tertiary/aromatic N) is 1. The molecule has 1 N–H and O–H groups in total. The lowest BCUT2D eigenvalue weighted by Crippen LogP contribution is -1.95. The Bertz CT molecular complexity index is 415. The summed E-state index contributed by atoms with van der Waals surface area (Å²) < 4.78 is 9.85. The van der Waals surface area contributed by atoms with E-state index in [0.717, 1.165) is 6.26 Å². The number of hydrogen-bond donors (Lipinski definition) is 1. The Morgan fingerprint density at radius 3 is 2.85 bits per heavy atom. The van der Waals surface area contributed by atoms with Gasteiger partial charge in [0.25, 0.3) is 5.89 Å². The van der Waals surface area contributed by atoms with E-state index in [9.17, 15) is 4.79 Å². The summed E-state index contributed by atoms with van der Waals surface area (Å²) in [6.45, 7) is 0. The van der Waals surface area contributed by atoms with Crippen LogP contribution in [0.15, 0.2) is 33.5 Å². The molecule has 0 amide bonds. The maximum atomic E-state index is 10.4. The molecule has 0 atom stereocenters. The standard InChI is InChI=1S/C8H5NO4/c10-8(11)5-4-13-7(9-5)6-2-1-3-12-6/h1-4H,(H,10,11). The number of aromatic carboxylic acids is 1. The van der Waals surface area contributed by atoms with Crippen LogP contribution in [0.4, 0.5) is 0 Å². The molecule has 0 saturated carbocycles. The highest BCUT2D eigenvalue weighted by Crippen LogP contribution is 2.18. The average Bonchev–Trinajstić information content (AvgIpc) is 2.75. The fourth-order valence-corrected chi connectivity index (χ4v) is 0.885. The van der Waals surface area contributed by atoms with Crippen molar-refractivity contribution in [1.82, 2.24) is 4.98 Å². The number of carboxylic acid groups (broad SMARTS) is 1. The van der Waals surface area contributed by atoms with Crippen LogP contribution in [0.2, 0.25) is 0 Å². The van der Waals surface area contributed by atoms with Crippen LogP contribution in [0.3, 0.4) is 0 Å². The highest BCUT2D eigenvalue weighted by atomic mass is 16.4. The largest absolute Gasteiger partial charge is 0.476 e. The molecule has 0 spiro atoms. The second-order valence-electron chi connectivity index (χ2n) is 2.32. The SMILES string of the molecule is O=C(O)c1coc(-c2ccco2)n1. The van der Waals surface area contributed by atoms with E-state index in [1.807, 2.05) is 0 Å². The van der Waals surface area contributed by atoms with Crippen LogP contribution >= 0.6 is 0 Å². The first-order valence-electron chi connectivity index (χ1n) is 3.50. The predicted octanol–water partition coefficient (Wildman–Crippen LogP) is 1.63. The minimum Gasteiger partial charge on any atom is -0.476 e. The van der Waals surface area contributed by atoms with Gasteiger partial charge in [-0.15, -0.1) is 0 Å². The van der Waals surface area contributed by atoms with Gasteiger partial charge >= 0.3 is 5.97 Å². The molecule has 2 rings (SSSR count). The van der Waals surface area contributed by atoms with Crippen molar-refractivity contribution in [1.29, 1.82) is 0 Å². The summed E-state index contributed by atoms with van der Waals surface area (Å²) in [4.78, 5) is 14.1. The normalized spacial score (nSPS) is 10.2. The first-order chi connectivity index (χ1) is 6.27. The van der Waals surface area contributed by atoms with Gasteiger partial charge in [-0.25, -0.2) is 4.79 Å². The number of rotatable bonds is 2. The highest BCUT2D eigenvalue weighted by molar-refractivity contribution is 5.85. The van der Waals surface area contributed by atoms with Gasteiger partial charge in [-0.3, -0.25) is 0 Å². The van der Waals surface area contributed by atoms with Gasteiger partial charge in [0, 0.05) is 0 Å². The Balaban J connectivity index is 2.39. The molecule has 13 heavy (non-hydrogen) atoms. The molecule has 0 fully saturated rings. The molecular formula is C8H5NO4. The number of oxazole rings is 1. The Morgan fingerprint density at radius 2 is 2.31 bits per heavy atom. The van der Waals surface area contributed by atoms with Crippen LogP contribution in [0, 0.1) is 0 Å². The molecule has 5 heteroatoms. The monoisotopic (exact) mass is 179 g/mol. The zero-order chi connectivity index (χ0) is 9.26. The minimum absolute atomic E-state index is 0.133. The predicted molar refractivity (Wildman–Crippen MR) is 41.2 cm³/mol. The van der Waals surface area contributed by atoms with E-state index in [0.29, 0.717) is 5.76 Å². The third kappa shape index (κ3) is 1.31. The molecular weight excluding hydrogens is 174 g/mol. The van der Waals surface area contributed by atoms with Crippen molar-refractivity contribution in [2.45, 2.75) is 0 Å². The van der Waals surface area contributed by atoms with E-state index in [-0.39, 0.29) is 11.6 Å². The fourth-order valence-electron chi connectivity index (χ4n) is 0.885. The molecule has 66 valence electrons. The lowest BCUT2D eigenvalue weighted by atomic mass is 10.4. The zero-order valence-electron chi connectivity index (χ0n) is 6.43. The fraction of sp³-hybridized carbons (Fsp3) is 0. The molecule has 2 heterocycles. The van der Waals surface area contributed by atoms with E-state index in [1.165, 1.54) is 6.26 Å². The van der Waals surface area contributed by atoms with Crippen LogP contribution in [0.1, 0.15) is 10.5 Å². The number of hydrogen-bond acceptors (Lipinski definition) is 4. The van der Waals surface area contributed by atoms with Crippen LogP contribution in [-0.2, 0) is 0 Å². The van der Waals surface area contributed by atoms with Crippen molar-refractivity contribution in [3.05, 3.63) is 30.4 Å². The smallest absolute Gasteiger partial charge is 0.357 e. The quantitative estimate of drug-likeness (QED) is 0.758. The van der Waals surface area contributed by atoms with E-state index in [4.69, 9.17) is 13.9 Å². The van der Waals surface area contributed by atoms with Gasteiger partial charge < -0.3 is 13.9 Å². The van der Waals surface area contributed by atoms with Crippen molar-refractivity contribution in [3.63, 3.8) is 0 Å². The molecule has 5 nitrogen and oxygen atoms in total. The van der Waals surface area contributed by atoms with Gasteiger partial charge in [0.05, 0.1) is 6.26 Å². The first kappa shape index (κ1) is 7.60. The molecule has 2 aromatic heterocycles. The van der Waals surface area contributed by atoms with Gasteiger partial charge in [-0.05, 0) is 12.1 Å². The Kier molecular flexibility index (Phi) is 1.63. The second-order valence-corrected chi connectivity index (χ2v) is 2.32. The van der Waals surface area contributed by atoms with Crippen molar-refractivity contribution in [2.75, 3.05) is 0 Å². The van der Waals surface area contributed by atoms with Crippen molar-refractivity contribution in [2.24, 2.45) is 0 Å². The Morgan fingerprint density at radius 1 is 1.46 bits per heavy atom. The van der Waals surface area contributed by atoms with Crippen molar-refractivity contribution in [3.8, 4) is 11.7 Å². The summed E-state index contributed by atoms with van der Waals surface area (Å²) >= 11 is 0. The summed E-state index contributed by atoms with van der Waals surface area (Å²) in [5.74, 6) is -0.545. The maximum absolute atomic E-state index is 10.4. The van der Waals surface area contributed by atoms with E-state index >= 15 is 0 Å². The van der Waals surface area contributed by atoms with Crippen molar-refractivity contribution >= 4 is 5.97 Å². The molecule has 0 bridgehead atoms. The first-order valence-corrected chi connectivity index (χ1v) is 3.50. The molecule has 0 aromatic carbocycles. The molecule has 0 aliphatic heterocycles. The third-order valence-electron chi connectivity index (χ3n) is 1.46. The number of aromatic nitrogens is 1. The van der Waals surface area contributed by atoms with Crippen LogP contribution < -0.4 is 0 Å². The Labute approximate surface area is 72.6 Å². The lowest BCUT2D eigenvalue weighted by Gasteiger charge is -1.84. The van der Waals surface area contributed by atoms with Gasteiger partial charge in [-0.1, -0.05) is 0 Å². The summed E-state index contributed by atoms with van der Waals surface area (Å²) in [6.07, 6.45) is 2.53. The topological polar surface area (TPSA) is 76.5 Å². The van der Waals surface area contributed by atoms with E-state index in [2.05, 4.69) is 4.98 Å². The van der Waals surface area contributed by atoms with E-state index < -0.39 is 5.97 Å². The molecule has 2 aromatic rings. The van der Waals surface area contributed by atoms with Gasteiger partial charge in [0.2, 0.25) is 0 Å².